The fraction of sp³-hybridized carbons (Fsp3) is 0.647. The first-order chi connectivity index (χ1) is 10.8. The zero-order valence-electron chi connectivity index (χ0n) is 14.2. The monoisotopic (exact) mass is 322 g/mol. The fourth-order valence-electron chi connectivity index (χ4n) is 2.71. The third-order valence-corrected chi connectivity index (χ3v) is 4.93. The van der Waals surface area contributed by atoms with Crippen molar-refractivity contribution in [2.24, 2.45) is 0 Å². The molecular formula is C17H24BFO4. The van der Waals surface area contributed by atoms with Gasteiger partial charge in [-0.15, -0.1) is 0 Å². The van der Waals surface area contributed by atoms with Gasteiger partial charge in [-0.1, -0.05) is 6.07 Å². The number of halogens is 1. The Hall–Kier alpha value is -1.11. The fourth-order valence-corrected chi connectivity index (χ4v) is 2.71. The molecule has 3 rings (SSSR count). The molecular weight excluding hydrogens is 298 g/mol. The summed E-state index contributed by atoms with van der Waals surface area (Å²) in [5.74, 6) is -0.170. The van der Waals surface area contributed by atoms with Crippen LogP contribution in [-0.2, 0) is 14.0 Å². The van der Waals surface area contributed by atoms with Crippen molar-refractivity contribution in [3.8, 4) is 5.75 Å². The lowest BCUT2D eigenvalue weighted by Crippen LogP contribution is -2.41. The molecule has 0 amide bonds. The van der Waals surface area contributed by atoms with Gasteiger partial charge >= 0.3 is 7.12 Å². The summed E-state index contributed by atoms with van der Waals surface area (Å²) in [5, 5.41) is 0. The highest BCUT2D eigenvalue weighted by Crippen LogP contribution is 2.36. The number of rotatable bonds is 4. The second kappa shape index (κ2) is 6.08. The molecule has 1 atom stereocenters. The molecule has 0 bridgehead atoms. The number of benzene rings is 1. The number of hydrogen-bond donors (Lipinski definition) is 0. The molecule has 2 aliphatic heterocycles. The molecule has 2 aliphatic rings. The van der Waals surface area contributed by atoms with Crippen LogP contribution in [0.3, 0.4) is 0 Å². The van der Waals surface area contributed by atoms with Gasteiger partial charge in [0.2, 0.25) is 0 Å². The second-order valence-electron chi connectivity index (χ2n) is 7.22. The summed E-state index contributed by atoms with van der Waals surface area (Å²) in [7, 11) is -0.523. The van der Waals surface area contributed by atoms with Crippen LogP contribution in [0.5, 0.6) is 5.75 Å². The van der Waals surface area contributed by atoms with Gasteiger partial charge in [0.15, 0.2) is 11.6 Å². The first-order valence-electron chi connectivity index (χ1n) is 8.18. The van der Waals surface area contributed by atoms with Gasteiger partial charge in [0.25, 0.3) is 0 Å². The molecule has 2 fully saturated rings. The van der Waals surface area contributed by atoms with Crippen molar-refractivity contribution in [1.29, 1.82) is 0 Å². The van der Waals surface area contributed by atoms with E-state index in [4.69, 9.17) is 18.8 Å². The van der Waals surface area contributed by atoms with Crippen LogP contribution in [0.25, 0.3) is 0 Å². The highest BCUT2D eigenvalue weighted by atomic mass is 19.1. The minimum Gasteiger partial charge on any atom is -0.488 e. The minimum absolute atomic E-state index is 0.0508. The summed E-state index contributed by atoms with van der Waals surface area (Å²) < 4.78 is 37.1. The Bertz CT molecular complexity index is 554. The third kappa shape index (κ3) is 3.39. The largest absolute Gasteiger partial charge is 0.494 e. The summed E-state index contributed by atoms with van der Waals surface area (Å²) >= 11 is 0. The third-order valence-electron chi connectivity index (χ3n) is 4.93. The van der Waals surface area contributed by atoms with Gasteiger partial charge < -0.3 is 18.8 Å². The van der Waals surface area contributed by atoms with Crippen LogP contribution in [0.15, 0.2) is 18.2 Å². The first kappa shape index (κ1) is 16.7. The standard InChI is InChI=1S/C17H24BFO4/c1-16(2)17(3,4)23-18(22-16)12-7-8-14(19)15(10-12)21-11-13-6-5-9-20-13/h7-8,10,13H,5-6,9,11H2,1-4H3. The Morgan fingerprint density at radius 1 is 1.22 bits per heavy atom. The molecule has 1 unspecified atom stereocenters. The Kier molecular flexibility index (Phi) is 4.42. The van der Waals surface area contributed by atoms with Crippen LogP contribution in [0.1, 0.15) is 40.5 Å². The van der Waals surface area contributed by atoms with Crippen molar-refractivity contribution in [3.63, 3.8) is 0 Å². The molecule has 1 aromatic carbocycles. The Balaban J connectivity index is 1.72. The van der Waals surface area contributed by atoms with Gasteiger partial charge in [0.05, 0.1) is 17.3 Å². The lowest BCUT2D eigenvalue weighted by Gasteiger charge is -2.32. The second-order valence-corrected chi connectivity index (χ2v) is 7.22. The van der Waals surface area contributed by atoms with Crippen LogP contribution >= 0.6 is 0 Å². The zero-order valence-corrected chi connectivity index (χ0v) is 14.2. The van der Waals surface area contributed by atoms with Gasteiger partial charge in [-0.25, -0.2) is 4.39 Å². The Labute approximate surface area is 137 Å². The van der Waals surface area contributed by atoms with E-state index in [2.05, 4.69) is 0 Å². The van der Waals surface area contributed by atoms with E-state index in [1.165, 1.54) is 6.07 Å². The van der Waals surface area contributed by atoms with E-state index in [1.807, 2.05) is 27.7 Å². The first-order valence-corrected chi connectivity index (χ1v) is 8.18. The van der Waals surface area contributed by atoms with Gasteiger partial charge in [0, 0.05) is 6.61 Å². The Morgan fingerprint density at radius 3 is 2.52 bits per heavy atom. The van der Waals surface area contributed by atoms with Crippen LogP contribution in [0.4, 0.5) is 4.39 Å². The van der Waals surface area contributed by atoms with Crippen molar-refractivity contribution in [2.75, 3.05) is 13.2 Å². The van der Waals surface area contributed by atoms with E-state index in [0.717, 1.165) is 24.9 Å². The highest BCUT2D eigenvalue weighted by molar-refractivity contribution is 6.62. The maximum atomic E-state index is 14.0. The van der Waals surface area contributed by atoms with Gasteiger partial charge in [-0.2, -0.15) is 0 Å². The molecule has 0 spiro atoms. The summed E-state index contributed by atoms with van der Waals surface area (Å²) in [6.45, 7) is 9.08. The molecule has 2 saturated heterocycles. The predicted octanol–water partition coefficient (Wildman–Crippen LogP) is 2.68. The quantitative estimate of drug-likeness (QED) is 0.799. The van der Waals surface area contributed by atoms with Crippen molar-refractivity contribution in [1.82, 2.24) is 0 Å². The van der Waals surface area contributed by atoms with E-state index in [0.29, 0.717) is 6.61 Å². The SMILES string of the molecule is CC1(C)OB(c2ccc(F)c(OCC3CCCO3)c2)OC1(C)C. The van der Waals surface area contributed by atoms with Gasteiger partial charge in [-0.05, 0) is 58.1 Å². The van der Waals surface area contributed by atoms with E-state index in [9.17, 15) is 4.39 Å². The summed E-state index contributed by atoms with van der Waals surface area (Å²) in [6, 6.07) is 4.73. The van der Waals surface area contributed by atoms with E-state index < -0.39 is 18.3 Å². The molecule has 6 heteroatoms. The molecule has 1 aromatic rings. The maximum Gasteiger partial charge on any atom is 0.494 e. The van der Waals surface area contributed by atoms with Crippen LogP contribution < -0.4 is 10.2 Å². The average Bonchev–Trinajstić information content (AvgIpc) is 3.05. The molecule has 4 nitrogen and oxygen atoms in total. The summed E-state index contributed by atoms with van der Waals surface area (Å²) in [6.07, 6.45) is 2.04. The normalized spacial score (nSPS) is 25.8. The summed E-state index contributed by atoms with van der Waals surface area (Å²) in [4.78, 5) is 0. The predicted molar refractivity (Wildman–Crippen MR) is 86.6 cm³/mol. The molecule has 0 aromatic heterocycles. The highest BCUT2D eigenvalue weighted by Gasteiger charge is 2.51. The average molecular weight is 322 g/mol. The van der Waals surface area contributed by atoms with Crippen LogP contribution in [0.2, 0.25) is 0 Å². The van der Waals surface area contributed by atoms with Crippen molar-refractivity contribution in [2.45, 2.75) is 57.8 Å². The number of ether oxygens (including phenoxy) is 2. The van der Waals surface area contributed by atoms with Gasteiger partial charge in [0.1, 0.15) is 6.61 Å². The van der Waals surface area contributed by atoms with Crippen LogP contribution in [0, 0.1) is 5.82 Å². The maximum absolute atomic E-state index is 14.0. The minimum atomic E-state index is -0.523. The lowest BCUT2D eigenvalue weighted by atomic mass is 9.79. The van der Waals surface area contributed by atoms with Crippen molar-refractivity contribution >= 4 is 12.6 Å². The molecule has 0 aliphatic carbocycles. The van der Waals surface area contributed by atoms with Crippen LogP contribution in [-0.4, -0.2) is 37.6 Å². The molecule has 23 heavy (non-hydrogen) atoms. The van der Waals surface area contributed by atoms with Crippen molar-refractivity contribution < 1.29 is 23.2 Å². The van der Waals surface area contributed by atoms with E-state index in [-0.39, 0.29) is 17.7 Å². The summed E-state index contributed by atoms with van der Waals surface area (Å²) in [5.41, 5.74) is -0.0948. The number of hydrogen-bond acceptors (Lipinski definition) is 4. The van der Waals surface area contributed by atoms with Crippen molar-refractivity contribution in [3.05, 3.63) is 24.0 Å². The molecule has 0 radical (unpaired) electrons. The topological polar surface area (TPSA) is 36.9 Å². The lowest BCUT2D eigenvalue weighted by molar-refractivity contribution is 0.00578. The Morgan fingerprint density at radius 2 is 1.91 bits per heavy atom. The zero-order chi connectivity index (χ0) is 16.7. The van der Waals surface area contributed by atoms with Gasteiger partial charge in [-0.3, -0.25) is 0 Å². The molecule has 126 valence electrons. The van der Waals surface area contributed by atoms with E-state index in [1.54, 1.807) is 12.1 Å². The molecule has 0 N–H and O–H groups in total. The molecule has 0 saturated carbocycles. The molecule has 2 heterocycles. The smallest absolute Gasteiger partial charge is 0.488 e. The van der Waals surface area contributed by atoms with E-state index >= 15 is 0 Å².